The lowest BCUT2D eigenvalue weighted by Gasteiger charge is -2.16. The Morgan fingerprint density at radius 2 is 2.00 bits per heavy atom. The maximum absolute atomic E-state index is 12.7. The molecule has 0 unspecified atom stereocenters. The van der Waals surface area contributed by atoms with Gasteiger partial charge in [0.1, 0.15) is 5.70 Å². The highest BCUT2D eigenvalue weighted by molar-refractivity contribution is 7.80. The number of nitrogens with zero attached hydrogens (tertiary/aromatic N) is 2. The van der Waals surface area contributed by atoms with Crippen LogP contribution >= 0.6 is 23.8 Å². The second kappa shape index (κ2) is 6.62. The van der Waals surface area contributed by atoms with Crippen molar-refractivity contribution in [3.05, 3.63) is 74.4 Å². The van der Waals surface area contributed by atoms with Gasteiger partial charge in [0, 0.05) is 22.7 Å². The molecule has 0 saturated carbocycles. The number of non-ortho nitro benzene ring substituents is 1. The normalized spacial score (nSPS) is 15.6. The minimum Gasteiger partial charge on any atom is -0.327 e. The quantitative estimate of drug-likeness (QED) is 0.383. The third-order valence-electron chi connectivity index (χ3n) is 3.72. The van der Waals surface area contributed by atoms with Gasteiger partial charge in [-0.3, -0.25) is 19.8 Å². The molecule has 0 spiro atoms. The summed E-state index contributed by atoms with van der Waals surface area (Å²) in [7, 11) is 0. The number of hydrogen-bond acceptors (Lipinski definition) is 4. The van der Waals surface area contributed by atoms with Crippen LogP contribution in [-0.4, -0.2) is 15.9 Å². The van der Waals surface area contributed by atoms with E-state index in [1.807, 2.05) is 25.1 Å². The number of amides is 1. The van der Waals surface area contributed by atoms with Crippen molar-refractivity contribution in [1.82, 2.24) is 5.32 Å². The maximum atomic E-state index is 12.7. The molecule has 25 heavy (non-hydrogen) atoms. The number of anilines is 1. The largest absolute Gasteiger partial charge is 0.327 e. The first kappa shape index (κ1) is 17.1. The molecule has 1 N–H and O–H groups in total. The van der Waals surface area contributed by atoms with Gasteiger partial charge in [0.05, 0.1) is 10.6 Å². The molecular formula is C17H12ClN3O3S. The van der Waals surface area contributed by atoms with Crippen LogP contribution in [0.5, 0.6) is 0 Å². The smallest absolute Gasteiger partial charge is 0.281 e. The average Bonchev–Trinajstić information content (AvgIpc) is 2.84. The lowest BCUT2D eigenvalue weighted by molar-refractivity contribution is -0.384. The lowest BCUT2D eigenvalue weighted by Crippen LogP contribution is -2.30. The zero-order valence-corrected chi connectivity index (χ0v) is 14.6. The molecule has 8 heteroatoms. The highest BCUT2D eigenvalue weighted by atomic mass is 35.5. The summed E-state index contributed by atoms with van der Waals surface area (Å²) in [5, 5.41) is 14.3. The van der Waals surface area contributed by atoms with Gasteiger partial charge < -0.3 is 5.32 Å². The van der Waals surface area contributed by atoms with E-state index in [0.717, 1.165) is 5.56 Å². The molecule has 0 atom stereocenters. The van der Waals surface area contributed by atoms with Crippen molar-refractivity contribution >= 4 is 52.3 Å². The van der Waals surface area contributed by atoms with Crippen molar-refractivity contribution in [2.24, 2.45) is 0 Å². The SMILES string of the molecule is Cc1ccccc1N1C(=O)/C(=C\c2cc([N+](=O)[O-])ccc2Cl)NC1=S. The van der Waals surface area contributed by atoms with Crippen molar-refractivity contribution in [3.8, 4) is 0 Å². The van der Waals surface area contributed by atoms with Crippen LogP contribution in [0.1, 0.15) is 11.1 Å². The van der Waals surface area contributed by atoms with Crippen molar-refractivity contribution < 1.29 is 9.72 Å². The highest BCUT2D eigenvalue weighted by Gasteiger charge is 2.32. The zero-order chi connectivity index (χ0) is 18.1. The van der Waals surface area contributed by atoms with Crippen molar-refractivity contribution in [1.29, 1.82) is 0 Å². The molecule has 2 aromatic carbocycles. The van der Waals surface area contributed by atoms with Gasteiger partial charge in [-0.25, -0.2) is 0 Å². The van der Waals surface area contributed by atoms with Crippen LogP contribution in [0, 0.1) is 17.0 Å². The number of nitrogens with one attached hydrogen (secondary N) is 1. The van der Waals surface area contributed by atoms with E-state index in [1.165, 1.54) is 29.2 Å². The van der Waals surface area contributed by atoms with E-state index in [1.54, 1.807) is 6.07 Å². The van der Waals surface area contributed by atoms with Crippen LogP contribution in [0.25, 0.3) is 6.08 Å². The van der Waals surface area contributed by atoms with E-state index < -0.39 is 4.92 Å². The number of rotatable bonds is 3. The molecule has 1 fully saturated rings. The molecule has 0 aliphatic carbocycles. The number of carbonyl (C=O) groups is 1. The molecule has 1 saturated heterocycles. The Morgan fingerprint density at radius 3 is 2.68 bits per heavy atom. The molecule has 2 aromatic rings. The Kier molecular flexibility index (Phi) is 4.52. The summed E-state index contributed by atoms with van der Waals surface area (Å²) < 4.78 is 0. The van der Waals surface area contributed by atoms with Crippen LogP contribution in [0.15, 0.2) is 48.2 Å². The number of halogens is 1. The van der Waals surface area contributed by atoms with E-state index in [4.69, 9.17) is 23.8 Å². The van der Waals surface area contributed by atoms with Gasteiger partial charge in [-0.1, -0.05) is 29.8 Å². The lowest BCUT2D eigenvalue weighted by atomic mass is 10.1. The zero-order valence-electron chi connectivity index (χ0n) is 13.0. The number of thiocarbonyl (C=S) groups is 1. The van der Waals surface area contributed by atoms with Gasteiger partial charge >= 0.3 is 0 Å². The molecule has 126 valence electrons. The summed E-state index contributed by atoms with van der Waals surface area (Å²) in [5.41, 5.74) is 2.03. The molecular weight excluding hydrogens is 362 g/mol. The van der Waals surface area contributed by atoms with Gasteiger partial charge in [-0.05, 0) is 42.9 Å². The Balaban J connectivity index is 2.00. The van der Waals surface area contributed by atoms with E-state index in [0.29, 0.717) is 16.3 Å². The molecule has 1 heterocycles. The molecule has 0 radical (unpaired) electrons. The van der Waals surface area contributed by atoms with Gasteiger partial charge in [0.2, 0.25) is 0 Å². The van der Waals surface area contributed by atoms with Gasteiger partial charge in [-0.2, -0.15) is 0 Å². The van der Waals surface area contributed by atoms with E-state index in [9.17, 15) is 14.9 Å². The number of aryl methyl sites for hydroxylation is 1. The molecule has 1 aliphatic rings. The summed E-state index contributed by atoms with van der Waals surface area (Å²) in [6.45, 7) is 1.88. The second-order valence-corrected chi connectivity index (χ2v) is 6.17. The Morgan fingerprint density at radius 1 is 1.28 bits per heavy atom. The van der Waals surface area contributed by atoms with Crippen molar-refractivity contribution in [2.75, 3.05) is 4.90 Å². The maximum Gasteiger partial charge on any atom is 0.281 e. The fourth-order valence-corrected chi connectivity index (χ4v) is 2.94. The van der Waals surface area contributed by atoms with Crippen molar-refractivity contribution in [3.63, 3.8) is 0 Å². The fraction of sp³-hybridized carbons (Fsp3) is 0.0588. The van der Waals surface area contributed by atoms with Crippen LogP contribution in [-0.2, 0) is 4.79 Å². The van der Waals surface area contributed by atoms with Crippen molar-refractivity contribution in [2.45, 2.75) is 6.92 Å². The number of nitro groups is 1. The molecule has 1 amide bonds. The molecule has 0 bridgehead atoms. The molecule has 0 aromatic heterocycles. The minimum absolute atomic E-state index is 0.111. The molecule has 1 aliphatic heterocycles. The summed E-state index contributed by atoms with van der Waals surface area (Å²) in [5.74, 6) is -0.345. The van der Waals surface area contributed by atoms with E-state index >= 15 is 0 Å². The predicted molar refractivity (Wildman–Crippen MR) is 100 cm³/mol. The predicted octanol–water partition coefficient (Wildman–Crippen LogP) is 3.82. The Labute approximate surface area is 153 Å². The minimum atomic E-state index is -0.521. The fourth-order valence-electron chi connectivity index (χ4n) is 2.48. The third-order valence-corrected chi connectivity index (χ3v) is 4.35. The van der Waals surface area contributed by atoms with Crippen LogP contribution in [0.3, 0.4) is 0 Å². The molecule has 6 nitrogen and oxygen atoms in total. The van der Waals surface area contributed by atoms with Crippen LogP contribution in [0.4, 0.5) is 11.4 Å². The monoisotopic (exact) mass is 373 g/mol. The Hall–Kier alpha value is -2.77. The van der Waals surface area contributed by atoms with E-state index in [-0.39, 0.29) is 22.4 Å². The standard InChI is InChI=1S/C17H12ClN3O3S/c1-10-4-2-3-5-15(10)20-16(22)14(19-17(20)25)9-11-8-12(21(23)24)6-7-13(11)18/h2-9H,1H3,(H,19,25)/b14-9+. The summed E-state index contributed by atoms with van der Waals surface area (Å²) in [4.78, 5) is 24.5. The molecule has 3 rings (SSSR count). The first-order valence-corrected chi connectivity index (χ1v) is 8.04. The van der Waals surface area contributed by atoms with Gasteiger partial charge in [0.15, 0.2) is 5.11 Å². The third kappa shape index (κ3) is 3.24. The van der Waals surface area contributed by atoms with E-state index in [2.05, 4.69) is 5.32 Å². The first-order valence-electron chi connectivity index (χ1n) is 7.25. The number of hydrogen-bond donors (Lipinski definition) is 1. The number of nitro benzene ring substituents is 1. The van der Waals surface area contributed by atoms with Gasteiger partial charge in [0.25, 0.3) is 11.6 Å². The topological polar surface area (TPSA) is 75.5 Å². The number of carbonyl (C=O) groups excluding carboxylic acids is 1. The van der Waals surface area contributed by atoms with Gasteiger partial charge in [-0.15, -0.1) is 0 Å². The number of para-hydroxylation sites is 1. The second-order valence-electron chi connectivity index (χ2n) is 5.38. The number of benzene rings is 2. The summed E-state index contributed by atoms with van der Waals surface area (Å²) in [6.07, 6.45) is 1.46. The average molecular weight is 374 g/mol. The summed E-state index contributed by atoms with van der Waals surface area (Å²) >= 11 is 11.4. The highest BCUT2D eigenvalue weighted by Crippen LogP contribution is 2.28. The Bertz CT molecular complexity index is 942. The summed E-state index contributed by atoms with van der Waals surface area (Å²) in [6, 6.07) is 11.4. The van der Waals surface area contributed by atoms with Crippen LogP contribution < -0.4 is 10.2 Å². The first-order chi connectivity index (χ1) is 11.9. The van der Waals surface area contributed by atoms with Crippen LogP contribution in [0.2, 0.25) is 5.02 Å².